The molecular weight excluding hydrogens is 238 g/mol. The number of hydrogen-bond acceptors (Lipinski definition) is 5. The fraction of sp³-hybridized carbons (Fsp3) is 0.583. The molecule has 102 valence electrons. The van der Waals surface area contributed by atoms with E-state index in [2.05, 4.69) is 5.32 Å². The number of carboxylic acids is 1. The molecule has 18 heavy (non-hydrogen) atoms. The summed E-state index contributed by atoms with van der Waals surface area (Å²) in [5.74, 6) is 0.0355. The SMILES string of the molecule is COCC(CNCc1cc(C(=O)O)c(C)o1)OC. The van der Waals surface area contributed by atoms with Gasteiger partial charge in [0.15, 0.2) is 0 Å². The summed E-state index contributed by atoms with van der Waals surface area (Å²) >= 11 is 0. The van der Waals surface area contributed by atoms with Crippen LogP contribution < -0.4 is 5.32 Å². The van der Waals surface area contributed by atoms with Crippen LogP contribution in [-0.4, -0.2) is 44.6 Å². The number of carbonyl (C=O) groups is 1. The molecule has 1 unspecified atom stereocenters. The van der Waals surface area contributed by atoms with Crippen LogP contribution in [0.1, 0.15) is 21.9 Å². The molecule has 0 radical (unpaired) electrons. The summed E-state index contributed by atoms with van der Waals surface area (Å²) in [4.78, 5) is 10.8. The molecule has 0 spiro atoms. The van der Waals surface area contributed by atoms with Crippen molar-refractivity contribution in [2.24, 2.45) is 0 Å². The smallest absolute Gasteiger partial charge is 0.339 e. The van der Waals surface area contributed by atoms with Crippen LogP contribution in [0.2, 0.25) is 0 Å². The van der Waals surface area contributed by atoms with Crippen LogP contribution in [0.3, 0.4) is 0 Å². The minimum absolute atomic E-state index is 0.0370. The Hall–Kier alpha value is -1.37. The van der Waals surface area contributed by atoms with Gasteiger partial charge in [0.25, 0.3) is 0 Å². The first-order valence-corrected chi connectivity index (χ1v) is 5.63. The average Bonchev–Trinajstić information content (AvgIpc) is 2.69. The van der Waals surface area contributed by atoms with Crippen molar-refractivity contribution in [3.05, 3.63) is 23.2 Å². The van der Waals surface area contributed by atoms with Gasteiger partial charge in [-0.25, -0.2) is 4.79 Å². The standard InChI is InChI=1S/C12H19NO5/c1-8-11(12(14)15)4-9(18-8)5-13-6-10(17-3)7-16-2/h4,10,13H,5-7H2,1-3H3,(H,14,15). The zero-order valence-corrected chi connectivity index (χ0v) is 10.9. The van der Waals surface area contributed by atoms with E-state index >= 15 is 0 Å². The molecule has 1 atom stereocenters. The van der Waals surface area contributed by atoms with E-state index in [1.165, 1.54) is 6.07 Å². The molecule has 0 aromatic carbocycles. The van der Waals surface area contributed by atoms with Crippen molar-refractivity contribution in [3.63, 3.8) is 0 Å². The normalized spacial score (nSPS) is 12.6. The predicted octanol–water partition coefficient (Wildman–Crippen LogP) is 1.04. The Morgan fingerprint density at radius 3 is 2.78 bits per heavy atom. The summed E-state index contributed by atoms with van der Waals surface area (Å²) in [7, 11) is 3.23. The molecular formula is C12H19NO5. The molecule has 1 aromatic rings. The molecule has 1 rings (SSSR count). The van der Waals surface area contributed by atoms with Crippen molar-refractivity contribution in [3.8, 4) is 0 Å². The highest BCUT2D eigenvalue weighted by Gasteiger charge is 2.13. The number of ether oxygens (including phenoxy) is 2. The third-order valence-corrected chi connectivity index (χ3v) is 2.56. The number of rotatable bonds is 8. The Bertz CT molecular complexity index is 388. The number of aryl methyl sites for hydroxylation is 1. The molecule has 6 nitrogen and oxygen atoms in total. The molecule has 0 aliphatic heterocycles. The monoisotopic (exact) mass is 257 g/mol. The molecule has 0 fully saturated rings. The highest BCUT2D eigenvalue weighted by Crippen LogP contribution is 2.14. The highest BCUT2D eigenvalue weighted by atomic mass is 16.5. The average molecular weight is 257 g/mol. The van der Waals surface area contributed by atoms with Gasteiger partial charge in [-0.05, 0) is 13.0 Å². The highest BCUT2D eigenvalue weighted by molar-refractivity contribution is 5.88. The van der Waals surface area contributed by atoms with Gasteiger partial charge in [0.2, 0.25) is 0 Å². The van der Waals surface area contributed by atoms with E-state index in [1.54, 1.807) is 21.1 Å². The molecule has 0 bridgehead atoms. The second kappa shape index (κ2) is 7.15. The Balaban J connectivity index is 2.44. The van der Waals surface area contributed by atoms with Crippen molar-refractivity contribution < 1.29 is 23.8 Å². The van der Waals surface area contributed by atoms with Crippen LogP contribution >= 0.6 is 0 Å². The number of methoxy groups -OCH3 is 2. The van der Waals surface area contributed by atoms with Gasteiger partial charge >= 0.3 is 5.97 Å². The van der Waals surface area contributed by atoms with Gasteiger partial charge in [0.1, 0.15) is 17.1 Å². The summed E-state index contributed by atoms with van der Waals surface area (Å²) < 4.78 is 15.5. The number of nitrogens with one attached hydrogen (secondary N) is 1. The van der Waals surface area contributed by atoms with Gasteiger partial charge in [0, 0.05) is 20.8 Å². The van der Waals surface area contributed by atoms with Crippen molar-refractivity contribution in [1.82, 2.24) is 5.32 Å². The maximum absolute atomic E-state index is 10.8. The van der Waals surface area contributed by atoms with E-state index < -0.39 is 5.97 Å². The van der Waals surface area contributed by atoms with Crippen molar-refractivity contribution >= 4 is 5.97 Å². The van der Waals surface area contributed by atoms with Crippen molar-refractivity contribution in [1.29, 1.82) is 0 Å². The third kappa shape index (κ3) is 4.14. The Morgan fingerprint density at radius 2 is 2.28 bits per heavy atom. The van der Waals surface area contributed by atoms with E-state index in [4.69, 9.17) is 19.0 Å². The van der Waals surface area contributed by atoms with E-state index in [0.29, 0.717) is 31.2 Å². The van der Waals surface area contributed by atoms with Crippen molar-refractivity contribution in [2.75, 3.05) is 27.4 Å². The van der Waals surface area contributed by atoms with Gasteiger partial charge in [-0.3, -0.25) is 0 Å². The molecule has 6 heteroatoms. The molecule has 1 aromatic heterocycles. The molecule has 0 saturated carbocycles. The second-order valence-electron chi connectivity index (χ2n) is 3.93. The fourth-order valence-corrected chi connectivity index (χ4v) is 1.60. The molecule has 0 saturated heterocycles. The Labute approximate surface area is 106 Å². The number of hydrogen-bond donors (Lipinski definition) is 2. The lowest BCUT2D eigenvalue weighted by atomic mass is 10.2. The van der Waals surface area contributed by atoms with Gasteiger partial charge in [-0.2, -0.15) is 0 Å². The second-order valence-corrected chi connectivity index (χ2v) is 3.93. The van der Waals surface area contributed by atoms with E-state index in [0.717, 1.165) is 0 Å². The van der Waals surface area contributed by atoms with Crippen LogP contribution in [0, 0.1) is 6.92 Å². The summed E-state index contributed by atoms with van der Waals surface area (Å²) in [5, 5.41) is 12.0. The summed E-state index contributed by atoms with van der Waals surface area (Å²) in [6.45, 7) is 3.20. The van der Waals surface area contributed by atoms with Gasteiger partial charge < -0.3 is 24.3 Å². The van der Waals surface area contributed by atoms with E-state index in [-0.39, 0.29) is 11.7 Å². The van der Waals surface area contributed by atoms with Crippen LogP contribution in [0.25, 0.3) is 0 Å². The first-order chi connectivity index (χ1) is 8.58. The van der Waals surface area contributed by atoms with Crippen LogP contribution in [0.5, 0.6) is 0 Å². The maximum Gasteiger partial charge on any atom is 0.339 e. The molecule has 0 aliphatic carbocycles. The molecule has 0 amide bonds. The number of carboxylic acid groups (broad SMARTS) is 1. The summed E-state index contributed by atoms with van der Waals surface area (Å²) in [5.41, 5.74) is 0.201. The van der Waals surface area contributed by atoms with E-state index in [9.17, 15) is 4.79 Å². The first-order valence-electron chi connectivity index (χ1n) is 5.63. The fourth-order valence-electron chi connectivity index (χ4n) is 1.60. The zero-order valence-electron chi connectivity index (χ0n) is 10.9. The zero-order chi connectivity index (χ0) is 13.5. The minimum atomic E-state index is -0.975. The molecule has 1 heterocycles. The first kappa shape index (κ1) is 14.7. The van der Waals surface area contributed by atoms with E-state index in [1.807, 2.05) is 0 Å². The Morgan fingerprint density at radius 1 is 1.56 bits per heavy atom. The van der Waals surface area contributed by atoms with Crippen LogP contribution in [0.15, 0.2) is 10.5 Å². The maximum atomic E-state index is 10.8. The number of furan rings is 1. The summed E-state index contributed by atoms with van der Waals surface area (Å²) in [6, 6.07) is 1.53. The topological polar surface area (TPSA) is 80.9 Å². The lowest BCUT2D eigenvalue weighted by Gasteiger charge is -2.14. The van der Waals surface area contributed by atoms with Crippen LogP contribution in [-0.2, 0) is 16.0 Å². The quantitative estimate of drug-likeness (QED) is 0.724. The minimum Gasteiger partial charge on any atom is -0.478 e. The van der Waals surface area contributed by atoms with Crippen molar-refractivity contribution in [2.45, 2.75) is 19.6 Å². The van der Waals surface area contributed by atoms with Gasteiger partial charge in [0.05, 0.1) is 19.3 Å². The van der Waals surface area contributed by atoms with Gasteiger partial charge in [-0.15, -0.1) is 0 Å². The van der Waals surface area contributed by atoms with Crippen LogP contribution in [0.4, 0.5) is 0 Å². The largest absolute Gasteiger partial charge is 0.478 e. The number of aromatic carboxylic acids is 1. The molecule has 0 aliphatic rings. The molecule has 2 N–H and O–H groups in total. The lowest BCUT2D eigenvalue weighted by Crippen LogP contribution is -2.31. The third-order valence-electron chi connectivity index (χ3n) is 2.56. The lowest BCUT2D eigenvalue weighted by molar-refractivity contribution is 0.0285. The summed E-state index contributed by atoms with van der Waals surface area (Å²) in [6.07, 6.45) is -0.0370. The van der Waals surface area contributed by atoms with Gasteiger partial charge in [-0.1, -0.05) is 0 Å². The predicted molar refractivity (Wildman–Crippen MR) is 64.8 cm³/mol. The Kier molecular flexibility index (Phi) is 5.84.